The fourth-order valence-electron chi connectivity index (χ4n) is 3.61. The molecule has 2 rings (SSSR count). The SMILES string of the molecule is CCC(=O)Oc1ccc(C[C@@H](C)[C@@H](C)Cc2ccc(OC(=O)CC)c(OC(=O)CC)c2)cc1OC(=O)CC. The van der Waals surface area contributed by atoms with Gasteiger partial charge in [-0.1, -0.05) is 53.7 Å². The molecule has 0 saturated carbocycles. The quantitative estimate of drug-likeness (QED) is 0.231. The van der Waals surface area contributed by atoms with E-state index in [4.69, 9.17) is 18.9 Å². The Morgan fingerprint density at radius 2 is 0.816 bits per heavy atom. The van der Waals surface area contributed by atoms with Crippen LogP contribution in [0.1, 0.15) is 78.4 Å². The number of hydrogen-bond donors (Lipinski definition) is 0. The van der Waals surface area contributed by atoms with Gasteiger partial charge >= 0.3 is 23.9 Å². The highest BCUT2D eigenvalue weighted by Crippen LogP contribution is 2.33. The highest BCUT2D eigenvalue weighted by Gasteiger charge is 2.19. The second-order valence-electron chi connectivity index (χ2n) is 9.24. The molecule has 0 fully saturated rings. The predicted octanol–water partition coefficient (Wildman–Crippen LogP) is 6.01. The number of carbonyl (C=O) groups excluding carboxylic acids is 4. The molecule has 0 radical (unpaired) electrons. The summed E-state index contributed by atoms with van der Waals surface area (Å²) in [6, 6.07) is 10.5. The molecule has 2 aromatic rings. The van der Waals surface area contributed by atoms with Crippen LogP contribution in [0.3, 0.4) is 0 Å². The Kier molecular flexibility index (Phi) is 12.0. The Hall–Kier alpha value is -3.68. The van der Waals surface area contributed by atoms with E-state index in [-0.39, 0.29) is 60.5 Å². The first-order chi connectivity index (χ1) is 18.1. The van der Waals surface area contributed by atoms with Gasteiger partial charge in [0.05, 0.1) is 0 Å². The average Bonchev–Trinajstić information content (AvgIpc) is 2.90. The van der Waals surface area contributed by atoms with Crippen molar-refractivity contribution in [1.29, 1.82) is 0 Å². The van der Waals surface area contributed by atoms with E-state index in [9.17, 15) is 19.2 Å². The third-order valence-corrected chi connectivity index (χ3v) is 6.15. The molecule has 0 heterocycles. The van der Waals surface area contributed by atoms with E-state index in [0.717, 1.165) is 11.1 Å². The molecular formula is C30H38O8. The van der Waals surface area contributed by atoms with Crippen LogP contribution in [-0.4, -0.2) is 23.9 Å². The maximum absolute atomic E-state index is 11.9. The van der Waals surface area contributed by atoms with Crippen molar-refractivity contribution >= 4 is 23.9 Å². The van der Waals surface area contributed by atoms with Crippen molar-refractivity contribution in [3.8, 4) is 23.0 Å². The minimum atomic E-state index is -0.412. The summed E-state index contributed by atoms with van der Waals surface area (Å²) in [5.41, 5.74) is 1.89. The van der Waals surface area contributed by atoms with Crippen LogP contribution in [0.15, 0.2) is 36.4 Å². The zero-order valence-corrected chi connectivity index (χ0v) is 23.1. The lowest BCUT2D eigenvalue weighted by atomic mass is 9.85. The topological polar surface area (TPSA) is 105 Å². The van der Waals surface area contributed by atoms with E-state index >= 15 is 0 Å². The summed E-state index contributed by atoms with van der Waals surface area (Å²) in [6.45, 7) is 11.0. The van der Waals surface area contributed by atoms with Gasteiger partial charge in [-0.05, 0) is 60.1 Å². The number of carbonyl (C=O) groups is 4. The average molecular weight is 527 g/mol. The summed E-state index contributed by atoms with van der Waals surface area (Å²) in [6.07, 6.45) is 2.21. The van der Waals surface area contributed by atoms with Gasteiger partial charge in [0, 0.05) is 25.7 Å². The first-order valence-corrected chi connectivity index (χ1v) is 13.2. The van der Waals surface area contributed by atoms with Crippen molar-refractivity contribution in [2.75, 3.05) is 0 Å². The summed E-state index contributed by atoms with van der Waals surface area (Å²) in [5.74, 6) is -0.273. The summed E-state index contributed by atoms with van der Waals surface area (Å²) >= 11 is 0. The minimum Gasteiger partial charge on any atom is -0.423 e. The van der Waals surface area contributed by atoms with Crippen LogP contribution in [0.4, 0.5) is 0 Å². The lowest BCUT2D eigenvalue weighted by Crippen LogP contribution is -2.15. The van der Waals surface area contributed by atoms with E-state index in [2.05, 4.69) is 13.8 Å². The zero-order valence-electron chi connectivity index (χ0n) is 23.1. The summed E-state index contributed by atoms with van der Waals surface area (Å²) in [5, 5.41) is 0. The molecule has 0 amide bonds. The second kappa shape index (κ2) is 14.9. The number of esters is 4. The molecular weight excluding hydrogens is 488 g/mol. The summed E-state index contributed by atoms with van der Waals surface area (Å²) < 4.78 is 21.5. The van der Waals surface area contributed by atoms with Crippen molar-refractivity contribution in [2.45, 2.75) is 80.1 Å². The van der Waals surface area contributed by atoms with Crippen molar-refractivity contribution in [2.24, 2.45) is 11.8 Å². The number of rotatable bonds is 13. The highest BCUT2D eigenvalue weighted by atomic mass is 16.6. The normalized spacial score (nSPS) is 12.3. The van der Waals surface area contributed by atoms with Gasteiger partial charge in [0.1, 0.15) is 0 Å². The van der Waals surface area contributed by atoms with Gasteiger partial charge < -0.3 is 18.9 Å². The molecule has 0 N–H and O–H groups in total. The van der Waals surface area contributed by atoms with E-state index in [1.165, 1.54) is 0 Å². The van der Waals surface area contributed by atoms with Crippen LogP contribution in [-0.2, 0) is 32.0 Å². The Balaban J connectivity index is 2.18. The lowest BCUT2D eigenvalue weighted by Gasteiger charge is -2.21. The Morgan fingerprint density at radius 1 is 0.526 bits per heavy atom. The molecule has 0 aliphatic rings. The van der Waals surface area contributed by atoms with Crippen molar-refractivity contribution in [3.63, 3.8) is 0 Å². The number of benzene rings is 2. The fourth-order valence-corrected chi connectivity index (χ4v) is 3.61. The molecule has 0 spiro atoms. The highest BCUT2D eigenvalue weighted by molar-refractivity contribution is 5.77. The van der Waals surface area contributed by atoms with Crippen LogP contribution in [0.2, 0.25) is 0 Å². The predicted molar refractivity (Wildman–Crippen MR) is 142 cm³/mol. The Morgan fingerprint density at radius 3 is 1.11 bits per heavy atom. The molecule has 0 aromatic heterocycles. The first kappa shape index (κ1) is 30.5. The molecule has 8 nitrogen and oxygen atoms in total. The van der Waals surface area contributed by atoms with Gasteiger partial charge in [-0.15, -0.1) is 0 Å². The van der Waals surface area contributed by atoms with Crippen LogP contribution in [0.25, 0.3) is 0 Å². The van der Waals surface area contributed by atoms with Crippen LogP contribution < -0.4 is 18.9 Å². The monoisotopic (exact) mass is 526 g/mol. The Labute approximate surface area is 224 Å². The van der Waals surface area contributed by atoms with Crippen molar-refractivity contribution < 1.29 is 38.1 Å². The van der Waals surface area contributed by atoms with E-state index < -0.39 is 23.9 Å². The second-order valence-corrected chi connectivity index (χ2v) is 9.24. The fraction of sp³-hybridized carbons (Fsp3) is 0.467. The molecule has 0 aliphatic carbocycles. The molecule has 2 aromatic carbocycles. The molecule has 0 saturated heterocycles. The van der Waals surface area contributed by atoms with Gasteiger partial charge in [-0.2, -0.15) is 0 Å². The Bertz CT molecular complexity index is 1050. The van der Waals surface area contributed by atoms with Crippen LogP contribution in [0.5, 0.6) is 23.0 Å². The van der Waals surface area contributed by atoms with E-state index in [1.54, 1.807) is 52.0 Å². The molecule has 0 aliphatic heterocycles. The van der Waals surface area contributed by atoms with Crippen LogP contribution >= 0.6 is 0 Å². The maximum atomic E-state index is 11.9. The van der Waals surface area contributed by atoms with E-state index in [1.807, 2.05) is 12.1 Å². The molecule has 2 atom stereocenters. The molecule has 8 heteroatoms. The standard InChI is InChI=1S/C30H38O8/c1-7-27(31)35-23-13-11-21(17-25(23)37-29(33)9-3)15-19(5)20(6)16-22-12-14-24(36-28(32)8-2)26(18-22)38-30(34)10-4/h11-14,17-20H,7-10,15-16H2,1-6H3/t19-,20+. The van der Waals surface area contributed by atoms with E-state index in [0.29, 0.717) is 12.8 Å². The van der Waals surface area contributed by atoms with Gasteiger partial charge in [0.15, 0.2) is 23.0 Å². The molecule has 0 unspecified atom stereocenters. The van der Waals surface area contributed by atoms with Gasteiger partial charge in [0.25, 0.3) is 0 Å². The lowest BCUT2D eigenvalue weighted by molar-refractivity contribution is -0.136. The van der Waals surface area contributed by atoms with Crippen molar-refractivity contribution in [1.82, 2.24) is 0 Å². The van der Waals surface area contributed by atoms with Crippen molar-refractivity contribution in [3.05, 3.63) is 47.5 Å². The molecule has 38 heavy (non-hydrogen) atoms. The van der Waals surface area contributed by atoms with Gasteiger partial charge in [-0.3, -0.25) is 19.2 Å². The maximum Gasteiger partial charge on any atom is 0.311 e. The third-order valence-electron chi connectivity index (χ3n) is 6.15. The molecule has 206 valence electrons. The number of ether oxygens (including phenoxy) is 4. The van der Waals surface area contributed by atoms with Crippen LogP contribution in [0, 0.1) is 11.8 Å². The third kappa shape index (κ3) is 9.32. The number of hydrogen-bond acceptors (Lipinski definition) is 8. The first-order valence-electron chi connectivity index (χ1n) is 13.2. The summed E-state index contributed by atoms with van der Waals surface area (Å²) in [7, 11) is 0. The molecule has 0 bridgehead atoms. The van der Waals surface area contributed by atoms with Gasteiger partial charge in [-0.25, -0.2) is 0 Å². The zero-order chi connectivity index (χ0) is 28.2. The largest absolute Gasteiger partial charge is 0.423 e. The summed E-state index contributed by atoms with van der Waals surface area (Å²) in [4.78, 5) is 47.4. The minimum absolute atomic E-state index is 0.199. The van der Waals surface area contributed by atoms with Gasteiger partial charge in [0.2, 0.25) is 0 Å². The smallest absolute Gasteiger partial charge is 0.311 e.